The molecule has 0 aliphatic heterocycles. The van der Waals surface area contributed by atoms with E-state index in [1.165, 1.54) is 12.3 Å². The van der Waals surface area contributed by atoms with Gasteiger partial charge in [-0.3, -0.25) is 10.1 Å². The summed E-state index contributed by atoms with van der Waals surface area (Å²) in [6.45, 7) is 0. The maximum Gasteiger partial charge on any atom is 0.332 e. The van der Waals surface area contributed by atoms with Crippen LogP contribution in [0.15, 0.2) is 59.2 Å². The van der Waals surface area contributed by atoms with Gasteiger partial charge in [0.15, 0.2) is 0 Å². The molecule has 0 aliphatic carbocycles. The highest BCUT2D eigenvalue weighted by Crippen LogP contribution is 2.32. The summed E-state index contributed by atoms with van der Waals surface area (Å²) in [5.74, 6) is 0.477. The molecule has 0 bridgehead atoms. The predicted molar refractivity (Wildman–Crippen MR) is 82.6 cm³/mol. The number of hydrogen-bond donors (Lipinski definition) is 0. The van der Waals surface area contributed by atoms with Crippen LogP contribution in [0.2, 0.25) is 0 Å². The minimum Gasteiger partial charge on any atom is -0.434 e. The second-order valence-electron chi connectivity index (χ2n) is 4.35. The maximum atomic E-state index is 11.0. The molecular formula is C15H9BrN2O3. The molecule has 6 heteroatoms. The Hall–Kier alpha value is -2.47. The van der Waals surface area contributed by atoms with Crippen molar-refractivity contribution in [1.82, 2.24) is 4.98 Å². The van der Waals surface area contributed by atoms with Gasteiger partial charge in [0, 0.05) is 16.7 Å². The van der Waals surface area contributed by atoms with E-state index in [1.54, 1.807) is 6.07 Å². The van der Waals surface area contributed by atoms with Gasteiger partial charge in [0.05, 0.1) is 4.92 Å². The molecule has 0 spiro atoms. The summed E-state index contributed by atoms with van der Waals surface area (Å²) in [6, 6.07) is 14.7. The molecule has 0 fully saturated rings. The lowest BCUT2D eigenvalue weighted by Crippen LogP contribution is -1.96. The van der Waals surface area contributed by atoms with Crippen LogP contribution in [0.3, 0.4) is 0 Å². The number of halogens is 1. The van der Waals surface area contributed by atoms with Crippen molar-refractivity contribution in [2.75, 3.05) is 0 Å². The first-order valence-corrected chi connectivity index (χ1v) is 6.89. The molecule has 104 valence electrons. The summed E-state index contributed by atoms with van der Waals surface area (Å²) in [6.07, 6.45) is 1.46. The first kappa shape index (κ1) is 13.5. The molecule has 1 heterocycles. The Labute approximate surface area is 128 Å². The monoisotopic (exact) mass is 344 g/mol. The van der Waals surface area contributed by atoms with Crippen LogP contribution in [0.1, 0.15) is 0 Å². The molecule has 3 rings (SSSR count). The minimum atomic E-state index is -0.520. The Kier molecular flexibility index (Phi) is 3.53. The van der Waals surface area contributed by atoms with Gasteiger partial charge in [-0.1, -0.05) is 30.3 Å². The van der Waals surface area contributed by atoms with Crippen molar-refractivity contribution in [1.29, 1.82) is 0 Å². The second-order valence-corrected chi connectivity index (χ2v) is 5.26. The van der Waals surface area contributed by atoms with Crippen LogP contribution < -0.4 is 4.74 Å². The molecule has 0 aliphatic rings. The predicted octanol–water partition coefficient (Wildman–Crippen LogP) is 4.70. The number of benzene rings is 2. The smallest absolute Gasteiger partial charge is 0.332 e. The van der Waals surface area contributed by atoms with Crippen LogP contribution in [0.5, 0.6) is 11.6 Å². The molecule has 0 saturated carbocycles. The van der Waals surface area contributed by atoms with E-state index in [9.17, 15) is 10.1 Å². The van der Waals surface area contributed by atoms with E-state index in [0.717, 1.165) is 10.8 Å². The lowest BCUT2D eigenvalue weighted by molar-refractivity contribution is -0.386. The highest BCUT2D eigenvalue weighted by atomic mass is 79.9. The standard InChI is InChI=1S/C15H9BrN2O3/c16-12-8-14(18(19)20)15(17-9-12)21-13-6-5-10-3-1-2-4-11(10)7-13/h1-9H. The van der Waals surface area contributed by atoms with Gasteiger partial charge in [-0.05, 0) is 38.8 Å². The largest absolute Gasteiger partial charge is 0.434 e. The van der Waals surface area contributed by atoms with E-state index in [4.69, 9.17) is 4.74 Å². The molecule has 0 radical (unpaired) electrons. The zero-order valence-electron chi connectivity index (χ0n) is 10.7. The fourth-order valence-corrected chi connectivity index (χ4v) is 2.29. The molecule has 0 amide bonds. The highest BCUT2D eigenvalue weighted by molar-refractivity contribution is 9.10. The molecular weight excluding hydrogens is 336 g/mol. The minimum absolute atomic E-state index is 0.0292. The highest BCUT2D eigenvalue weighted by Gasteiger charge is 2.18. The molecule has 0 atom stereocenters. The third-order valence-electron chi connectivity index (χ3n) is 2.93. The molecule has 0 unspecified atom stereocenters. The van der Waals surface area contributed by atoms with Gasteiger partial charge in [0.2, 0.25) is 0 Å². The van der Waals surface area contributed by atoms with Crippen molar-refractivity contribution in [2.24, 2.45) is 0 Å². The first-order valence-electron chi connectivity index (χ1n) is 6.10. The molecule has 0 saturated heterocycles. The number of pyridine rings is 1. The van der Waals surface area contributed by atoms with Crippen LogP contribution in [0.4, 0.5) is 5.69 Å². The summed E-state index contributed by atoms with van der Waals surface area (Å²) in [4.78, 5) is 14.5. The Morgan fingerprint density at radius 1 is 1.10 bits per heavy atom. The van der Waals surface area contributed by atoms with E-state index in [1.807, 2.05) is 36.4 Å². The summed E-state index contributed by atoms with van der Waals surface area (Å²) in [7, 11) is 0. The van der Waals surface area contributed by atoms with Crippen molar-refractivity contribution in [3.63, 3.8) is 0 Å². The lowest BCUT2D eigenvalue weighted by Gasteiger charge is -2.06. The Morgan fingerprint density at radius 3 is 2.62 bits per heavy atom. The molecule has 2 aromatic carbocycles. The van der Waals surface area contributed by atoms with Gasteiger partial charge in [0.25, 0.3) is 5.88 Å². The van der Waals surface area contributed by atoms with Gasteiger partial charge < -0.3 is 4.74 Å². The fraction of sp³-hybridized carbons (Fsp3) is 0. The summed E-state index contributed by atoms with van der Waals surface area (Å²) < 4.78 is 6.09. The van der Waals surface area contributed by atoms with Crippen LogP contribution in [0, 0.1) is 10.1 Å². The Balaban J connectivity index is 2.00. The fourth-order valence-electron chi connectivity index (χ4n) is 1.97. The summed E-state index contributed by atoms with van der Waals surface area (Å²) in [5, 5.41) is 13.1. The normalized spacial score (nSPS) is 10.5. The molecule has 5 nitrogen and oxygen atoms in total. The third kappa shape index (κ3) is 2.85. The van der Waals surface area contributed by atoms with Gasteiger partial charge in [0.1, 0.15) is 5.75 Å². The van der Waals surface area contributed by atoms with Crippen molar-refractivity contribution >= 4 is 32.4 Å². The molecule has 3 aromatic rings. The number of fused-ring (bicyclic) bond motifs is 1. The number of nitrogens with zero attached hydrogens (tertiary/aromatic N) is 2. The third-order valence-corrected chi connectivity index (χ3v) is 3.36. The average Bonchev–Trinajstić information content (AvgIpc) is 2.49. The maximum absolute atomic E-state index is 11.0. The topological polar surface area (TPSA) is 65.3 Å². The lowest BCUT2D eigenvalue weighted by atomic mass is 10.1. The van der Waals surface area contributed by atoms with Crippen LogP contribution in [0.25, 0.3) is 10.8 Å². The number of hydrogen-bond acceptors (Lipinski definition) is 4. The van der Waals surface area contributed by atoms with E-state index < -0.39 is 4.92 Å². The van der Waals surface area contributed by atoms with Crippen LogP contribution in [-0.4, -0.2) is 9.91 Å². The van der Waals surface area contributed by atoms with Gasteiger partial charge in [-0.15, -0.1) is 0 Å². The Bertz CT molecular complexity index is 836. The van der Waals surface area contributed by atoms with Crippen molar-refractivity contribution < 1.29 is 9.66 Å². The molecule has 0 N–H and O–H groups in total. The second kappa shape index (κ2) is 5.49. The quantitative estimate of drug-likeness (QED) is 0.510. The van der Waals surface area contributed by atoms with E-state index >= 15 is 0 Å². The van der Waals surface area contributed by atoms with Gasteiger partial charge in [-0.2, -0.15) is 0 Å². The summed E-state index contributed by atoms with van der Waals surface area (Å²) >= 11 is 3.16. The van der Waals surface area contributed by atoms with Crippen LogP contribution >= 0.6 is 15.9 Å². The number of nitro groups is 1. The van der Waals surface area contributed by atoms with Gasteiger partial charge >= 0.3 is 5.69 Å². The van der Waals surface area contributed by atoms with Gasteiger partial charge in [-0.25, -0.2) is 4.98 Å². The number of ether oxygens (including phenoxy) is 1. The van der Waals surface area contributed by atoms with E-state index in [-0.39, 0.29) is 11.6 Å². The van der Waals surface area contributed by atoms with Crippen molar-refractivity contribution in [3.05, 3.63) is 69.3 Å². The van der Waals surface area contributed by atoms with Crippen molar-refractivity contribution in [3.8, 4) is 11.6 Å². The average molecular weight is 345 g/mol. The van der Waals surface area contributed by atoms with E-state index in [2.05, 4.69) is 20.9 Å². The number of rotatable bonds is 3. The molecule has 1 aromatic heterocycles. The Morgan fingerprint density at radius 2 is 1.86 bits per heavy atom. The zero-order chi connectivity index (χ0) is 14.8. The summed E-state index contributed by atoms with van der Waals surface area (Å²) in [5.41, 5.74) is -0.183. The SMILES string of the molecule is O=[N+]([O-])c1cc(Br)cnc1Oc1ccc2ccccc2c1. The number of aromatic nitrogens is 1. The van der Waals surface area contributed by atoms with E-state index in [0.29, 0.717) is 10.2 Å². The zero-order valence-corrected chi connectivity index (χ0v) is 12.3. The van der Waals surface area contributed by atoms with Crippen LogP contribution in [-0.2, 0) is 0 Å². The molecule has 21 heavy (non-hydrogen) atoms. The van der Waals surface area contributed by atoms with Crippen molar-refractivity contribution in [2.45, 2.75) is 0 Å². The first-order chi connectivity index (χ1) is 10.1.